The van der Waals surface area contributed by atoms with Gasteiger partial charge in [-0.1, -0.05) is 17.3 Å². The van der Waals surface area contributed by atoms with Gasteiger partial charge in [0.2, 0.25) is 12.7 Å². The fourth-order valence-corrected chi connectivity index (χ4v) is 2.98. The first-order chi connectivity index (χ1) is 13.7. The van der Waals surface area contributed by atoms with Crippen molar-refractivity contribution in [1.82, 2.24) is 10.5 Å². The molecule has 0 aliphatic carbocycles. The van der Waals surface area contributed by atoms with E-state index in [1.807, 2.05) is 42.5 Å². The first-order valence-corrected chi connectivity index (χ1v) is 8.96. The lowest BCUT2D eigenvalue weighted by molar-refractivity contribution is -0.120. The largest absolute Gasteiger partial charge is 0.497 e. The zero-order valence-corrected chi connectivity index (χ0v) is 15.4. The van der Waals surface area contributed by atoms with Gasteiger partial charge in [0, 0.05) is 18.2 Å². The summed E-state index contributed by atoms with van der Waals surface area (Å²) in [7, 11) is 1.64. The molecular weight excluding hydrogens is 360 g/mol. The van der Waals surface area contributed by atoms with Crippen LogP contribution in [-0.4, -0.2) is 31.5 Å². The van der Waals surface area contributed by atoms with E-state index in [0.717, 1.165) is 23.3 Å². The quantitative estimate of drug-likeness (QED) is 0.679. The Kier molecular flexibility index (Phi) is 5.14. The average molecular weight is 380 g/mol. The average Bonchev–Trinajstić information content (AvgIpc) is 3.36. The molecule has 0 spiro atoms. The van der Waals surface area contributed by atoms with Gasteiger partial charge in [-0.15, -0.1) is 0 Å². The number of nitrogens with one attached hydrogen (secondary N) is 1. The first-order valence-electron chi connectivity index (χ1n) is 8.96. The normalized spacial score (nSPS) is 12.0. The van der Waals surface area contributed by atoms with Gasteiger partial charge in [0.25, 0.3) is 0 Å². The van der Waals surface area contributed by atoms with Crippen LogP contribution in [0.1, 0.15) is 11.3 Å². The number of hydrogen-bond donors (Lipinski definition) is 1. The molecule has 3 aromatic rings. The highest BCUT2D eigenvalue weighted by Crippen LogP contribution is 2.36. The molecule has 2 aromatic carbocycles. The predicted molar refractivity (Wildman–Crippen MR) is 101 cm³/mol. The highest BCUT2D eigenvalue weighted by atomic mass is 16.7. The van der Waals surface area contributed by atoms with Crippen LogP contribution in [0.2, 0.25) is 0 Å². The van der Waals surface area contributed by atoms with Crippen molar-refractivity contribution in [1.29, 1.82) is 0 Å². The number of aromatic nitrogens is 1. The molecule has 0 atom stereocenters. The molecule has 0 saturated carbocycles. The minimum Gasteiger partial charge on any atom is -0.497 e. The molecule has 0 saturated heterocycles. The second-order valence-electron chi connectivity index (χ2n) is 6.38. The Balaban J connectivity index is 1.30. The summed E-state index contributed by atoms with van der Waals surface area (Å²) in [6.45, 7) is 0.759. The predicted octanol–water partition coefficient (Wildman–Crippen LogP) is 2.98. The molecule has 28 heavy (non-hydrogen) atoms. The van der Waals surface area contributed by atoms with Crippen molar-refractivity contribution in [2.24, 2.45) is 0 Å². The van der Waals surface area contributed by atoms with E-state index in [-0.39, 0.29) is 19.1 Å². The van der Waals surface area contributed by atoms with Crippen LogP contribution in [0.5, 0.6) is 17.2 Å². The van der Waals surface area contributed by atoms with Crippen LogP contribution >= 0.6 is 0 Å². The highest BCUT2D eigenvalue weighted by Gasteiger charge is 2.16. The number of hydrogen-bond acceptors (Lipinski definition) is 6. The monoisotopic (exact) mass is 380 g/mol. The standard InChI is InChI=1S/C21H20N2O5/c1-25-17-4-2-3-14(9-17)7-8-22-21(24)12-16-11-19(28-23-16)15-5-6-18-20(10-15)27-13-26-18/h2-6,9-11H,7-8,12-13H2,1H3,(H,22,24). The van der Waals surface area contributed by atoms with Crippen molar-refractivity contribution in [3.8, 4) is 28.6 Å². The Hall–Kier alpha value is -3.48. The van der Waals surface area contributed by atoms with Gasteiger partial charge in [-0.2, -0.15) is 0 Å². The topological polar surface area (TPSA) is 82.8 Å². The number of carbonyl (C=O) groups excluding carboxylic acids is 1. The summed E-state index contributed by atoms with van der Waals surface area (Å²) in [5.41, 5.74) is 2.50. The van der Waals surface area contributed by atoms with E-state index < -0.39 is 0 Å². The summed E-state index contributed by atoms with van der Waals surface area (Å²) in [4.78, 5) is 12.2. The van der Waals surface area contributed by atoms with Gasteiger partial charge in [-0.25, -0.2) is 0 Å². The van der Waals surface area contributed by atoms with Crippen LogP contribution < -0.4 is 19.5 Å². The lowest BCUT2D eigenvalue weighted by Gasteiger charge is -2.06. The van der Waals surface area contributed by atoms with E-state index in [9.17, 15) is 4.79 Å². The molecule has 0 fully saturated rings. The second kappa shape index (κ2) is 8.04. The molecule has 1 N–H and O–H groups in total. The molecule has 0 unspecified atom stereocenters. The van der Waals surface area contributed by atoms with Crippen LogP contribution in [0.4, 0.5) is 0 Å². The zero-order valence-electron chi connectivity index (χ0n) is 15.4. The maximum atomic E-state index is 12.2. The summed E-state index contributed by atoms with van der Waals surface area (Å²) >= 11 is 0. The van der Waals surface area contributed by atoms with Crippen molar-refractivity contribution in [2.45, 2.75) is 12.8 Å². The Labute approximate surface area is 162 Å². The van der Waals surface area contributed by atoms with Gasteiger partial charge in [-0.05, 0) is 42.3 Å². The van der Waals surface area contributed by atoms with E-state index in [4.69, 9.17) is 18.7 Å². The Morgan fingerprint density at radius 2 is 2.04 bits per heavy atom. The molecule has 1 aliphatic rings. The molecule has 4 rings (SSSR count). The number of ether oxygens (including phenoxy) is 3. The van der Waals surface area contributed by atoms with Gasteiger partial charge < -0.3 is 24.1 Å². The summed E-state index contributed by atoms with van der Waals surface area (Å²) in [6.07, 6.45) is 0.885. The van der Waals surface area contributed by atoms with E-state index in [2.05, 4.69) is 10.5 Å². The maximum absolute atomic E-state index is 12.2. The fraction of sp³-hybridized carbons (Fsp3) is 0.238. The van der Waals surface area contributed by atoms with E-state index >= 15 is 0 Å². The Morgan fingerprint density at radius 1 is 1.14 bits per heavy atom. The number of nitrogens with zero attached hydrogens (tertiary/aromatic N) is 1. The molecule has 1 aliphatic heterocycles. The molecule has 1 aromatic heterocycles. The second-order valence-corrected chi connectivity index (χ2v) is 6.38. The van der Waals surface area contributed by atoms with Gasteiger partial charge in [0.05, 0.1) is 19.2 Å². The van der Waals surface area contributed by atoms with Crippen molar-refractivity contribution in [3.05, 3.63) is 59.8 Å². The third kappa shape index (κ3) is 4.09. The first kappa shape index (κ1) is 17.9. The van der Waals surface area contributed by atoms with Crippen LogP contribution in [-0.2, 0) is 17.6 Å². The number of methoxy groups -OCH3 is 1. The van der Waals surface area contributed by atoms with Crippen LogP contribution in [0.15, 0.2) is 53.1 Å². The van der Waals surface area contributed by atoms with Crippen molar-refractivity contribution >= 4 is 5.91 Å². The van der Waals surface area contributed by atoms with Gasteiger partial charge >= 0.3 is 0 Å². The summed E-state index contributed by atoms with van der Waals surface area (Å²) in [5.74, 6) is 2.66. The SMILES string of the molecule is COc1cccc(CCNC(=O)Cc2cc(-c3ccc4c(c3)OCO4)on2)c1. The number of benzene rings is 2. The number of rotatable bonds is 7. The summed E-state index contributed by atoms with van der Waals surface area (Å²) in [6, 6.07) is 15.1. The van der Waals surface area contributed by atoms with Crippen molar-refractivity contribution in [2.75, 3.05) is 20.4 Å². The zero-order chi connectivity index (χ0) is 19.3. The third-order valence-electron chi connectivity index (χ3n) is 4.43. The lowest BCUT2D eigenvalue weighted by Crippen LogP contribution is -2.27. The van der Waals surface area contributed by atoms with Crippen LogP contribution in [0.3, 0.4) is 0 Å². The molecule has 144 valence electrons. The Morgan fingerprint density at radius 3 is 2.93 bits per heavy atom. The van der Waals surface area contributed by atoms with Crippen LogP contribution in [0, 0.1) is 0 Å². The molecule has 0 radical (unpaired) electrons. The summed E-state index contributed by atoms with van der Waals surface area (Å²) < 4.78 is 21.2. The highest BCUT2D eigenvalue weighted by molar-refractivity contribution is 5.78. The summed E-state index contributed by atoms with van der Waals surface area (Å²) in [5, 5.41) is 6.89. The minimum atomic E-state index is -0.103. The smallest absolute Gasteiger partial charge is 0.231 e. The van der Waals surface area contributed by atoms with Crippen LogP contribution in [0.25, 0.3) is 11.3 Å². The number of amides is 1. The van der Waals surface area contributed by atoms with E-state index in [1.54, 1.807) is 13.2 Å². The molecule has 0 bridgehead atoms. The number of carbonyl (C=O) groups is 1. The molecule has 7 nitrogen and oxygen atoms in total. The molecular formula is C21H20N2O5. The van der Waals surface area contributed by atoms with E-state index in [0.29, 0.717) is 29.5 Å². The van der Waals surface area contributed by atoms with Crippen molar-refractivity contribution < 1.29 is 23.5 Å². The number of fused-ring (bicyclic) bond motifs is 1. The van der Waals surface area contributed by atoms with Gasteiger partial charge in [-0.3, -0.25) is 4.79 Å². The van der Waals surface area contributed by atoms with E-state index in [1.165, 1.54) is 0 Å². The lowest BCUT2D eigenvalue weighted by atomic mass is 10.1. The molecule has 7 heteroatoms. The Bertz CT molecular complexity index is 982. The minimum absolute atomic E-state index is 0.103. The van der Waals surface area contributed by atoms with Gasteiger partial charge in [0.1, 0.15) is 5.75 Å². The molecule has 1 amide bonds. The molecule has 2 heterocycles. The van der Waals surface area contributed by atoms with Gasteiger partial charge in [0.15, 0.2) is 17.3 Å². The maximum Gasteiger partial charge on any atom is 0.231 e. The van der Waals surface area contributed by atoms with Crippen molar-refractivity contribution in [3.63, 3.8) is 0 Å². The fourth-order valence-electron chi connectivity index (χ4n) is 2.98. The third-order valence-corrected chi connectivity index (χ3v) is 4.43.